The fraction of sp³-hybridized carbons (Fsp3) is 0.409. The monoisotopic (exact) mass is 457 g/mol. The molecule has 9 nitrogen and oxygen atoms in total. The molecule has 0 saturated carbocycles. The lowest BCUT2D eigenvalue weighted by atomic mass is 9.93. The highest BCUT2D eigenvalue weighted by Crippen LogP contribution is 2.37. The van der Waals surface area contributed by atoms with Crippen molar-refractivity contribution < 1.29 is 18.2 Å². The van der Waals surface area contributed by atoms with Crippen LogP contribution < -0.4 is 19.1 Å². The van der Waals surface area contributed by atoms with Gasteiger partial charge >= 0.3 is 0 Å². The second kappa shape index (κ2) is 10.2. The fourth-order valence-electron chi connectivity index (χ4n) is 4.09. The molecule has 1 aromatic carbocycles. The second-order valence-electron chi connectivity index (χ2n) is 7.70. The number of ether oxygens (including phenoxy) is 2. The summed E-state index contributed by atoms with van der Waals surface area (Å²) in [5.74, 6) is 3.24. The summed E-state index contributed by atoms with van der Waals surface area (Å²) in [4.78, 5) is 16.2. The normalized spacial score (nSPS) is 15.7. The van der Waals surface area contributed by atoms with E-state index in [2.05, 4.69) is 14.6 Å². The highest BCUT2D eigenvalue weighted by atomic mass is 32.2. The van der Waals surface area contributed by atoms with Crippen LogP contribution in [0.3, 0.4) is 0 Å². The van der Waals surface area contributed by atoms with Crippen LogP contribution in [0.5, 0.6) is 11.5 Å². The van der Waals surface area contributed by atoms with Crippen LogP contribution in [-0.2, 0) is 11.3 Å². The number of benzene rings is 1. The van der Waals surface area contributed by atoms with Crippen molar-refractivity contribution in [3.63, 3.8) is 0 Å². The van der Waals surface area contributed by atoms with Gasteiger partial charge in [-0.1, -0.05) is 0 Å². The van der Waals surface area contributed by atoms with Crippen molar-refractivity contribution in [2.24, 2.45) is 5.92 Å². The number of hydrogen-bond acceptors (Lipinski definition) is 7. The summed E-state index contributed by atoms with van der Waals surface area (Å²) in [5.41, 5.74) is 1.63. The van der Waals surface area contributed by atoms with Crippen LogP contribution in [0.15, 0.2) is 36.7 Å². The minimum atomic E-state index is -1.95. The predicted octanol–water partition coefficient (Wildman–Crippen LogP) is 3.04. The van der Waals surface area contributed by atoms with Gasteiger partial charge in [0.1, 0.15) is 5.82 Å². The van der Waals surface area contributed by atoms with E-state index < -0.39 is 11.3 Å². The molecule has 170 valence electrons. The third-order valence-electron chi connectivity index (χ3n) is 5.79. The van der Waals surface area contributed by atoms with Gasteiger partial charge in [0, 0.05) is 49.0 Å². The molecule has 0 aliphatic carbocycles. The molecule has 4 rings (SSSR count). The number of rotatable bonds is 8. The molecular weight excluding hydrogens is 430 g/mol. The van der Waals surface area contributed by atoms with E-state index >= 15 is 0 Å². The van der Waals surface area contributed by atoms with Crippen molar-refractivity contribution in [2.75, 3.05) is 38.8 Å². The molecule has 0 radical (unpaired) electrons. The summed E-state index contributed by atoms with van der Waals surface area (Å²) in [5, 5.41) is 0.908. The molecule has 32 heavy (non-hydrogen) atoms. The lowest BCUT2D eigenvalue weighted by Crippen LogP contribution is -2.35. The Labute approximate surface area is 189 Å². The average Bonchev–Trinajstić information content (AvgIpc) is 2.83. The zero-order chi connectivity index (χ0) is 22.5. The summed E-state index contributed by atoms with van der Waals surface area (Å²) >= 11 is -1.95. The van der Waals surface area contributed by atoms with Gasteiger partial charge in [0.2, 0.25) is 11.3 Å². The Kier molecular flexibility index (Phi) is 7.13. The van der Waals surface area contributed by atoms with Crippen LogP contribution in [-0.4, -0.2) is 57.6 Å². The molecule has 0 spiro atoms. The smallest absolute Gasteiger partial charge is 0.231 e. The van der Waals surface area contributed by atoms with Crippen molar-refractivity contribution >= 4 is 28.0 Å². The second-order valence-corrected chi connectivity index (χ2v) is 8.49. The Morgan fingerprint density at radius 3 is 2.59 bits per heavy atom. The molecule has 1 fully saturated rings. The zero-order valence-electron chi connectivity index (χ0n) is 18.2. The number of hydrogen-bond donors (Lipinski definition) is 2. The zero-order valence-corrected chi connectivity index (χ0v) is 19.0. The first kappa shape index (κ1) is 22.4. The Morgan fingerprint density at radius 2 is 1.94 bits per heavy atom. The first-order valence-corrected chi connectivity index (χ1v) is 11.6. The highest BCUT2D eigenvalue weighted by molar-refractivity contribution is 7.77. The molecule has 1 saturated heterocycles. The van der Waals surface area contributed by atoms with Crippen LogP contribution in [0.4, 0.5) is 5.82 Å². The van der Waals surface area contributed by atoms with Gasteiger partial charge in [-0.05, 0) is 43.4 Å². The summed E-state index contributed by atoms with van der Waals surface area (Å²) < 4.78 is 33.3. The van der Waals surface area contributed by atoms with Crippen LogP contribution in [0.2, 0.25) is 0 Å². The van der Waals surface area contributed by atoms with Gasteiger partial charge in [0.05, 0.1) is 19.7 Å². The van der Waals surface area contributed by atoms with Crippen LogP contribution in [0.1, 0.15) is 19.3 Å². The van der Waals surface area contributed by atoms with Crippen molar-refractivity contribution in [3.8, 4) is 22.9 Å². The number of methoxy groups -OCH3 is 2. The van der Waals surface area contributed by atoms with E-state index in [1.54, 1.807) is 26.6 Å². The summed E-state index contributed by atoms with van der Waals surface area (Å²) in [6.45, 7) is 2.23. The summed E-state index contributed by atoms with van der Waals surface area (Å²) in [6.07, 6.45) is 6.33. The number of anilines is 1. The number of nitrogens with one attached hydrogen (secondary N) is 1. The van der Waals surface area contributed by atoms with E-state index in [9.17, 15) is 4.21 Å². The molecule has 10 heteroatoms. The van der Waals surface area contributed by atoms with Crippen LogP contribution in [0, 0.1) is 5.92 Å². The fourth-order valence-corrected chi connectivity index (χ4v) is 4.38. The maximum atomic E-state index is 10.8. The molecule has 1 atom stereocenters. The van der Waals surface area contributed by atoms with Gasteiger partial charge in [-0.3, -0.25) is 9.54 Å². The maximum absolute atomic E-state index is 10.8. The molecular formula is C22H27N5O4S. The van der Waals surface area contributed by atoms with Crippen molar-refractivity contribution in [1.29, 1.82) is 0 Å². The number of pyridine rings is 1. The van der Waals surface area contributed by atoms with Gasteiger partial charge in [-0.25, -0.2) is 18.9 Å². The number of nitrogens with zero attached hydrogens (tertiary/aromatic N) is 4. The molecule has 3 heterocycles. The molecule has 0 bridgehead atoms. The average molecular weight is 458 g/mol. The predicted molar refractivity (Wildman–Crippen MR) is 124 cm³/mol. The van der Waals surface area contributed by atoms with E-state index in [1.165, 1.54) is 0 Å². The number of piperidine rings is 1. The third kappa shape index (κ3) is 4.98. The van der Waals surface area contributed by atoms with E-state index in [1.807, 2.05) is 24.3 Å². The molecule has 1 unspecified atom stereocenters. The van der Waals surface area contributed by atoms with Gasteiger partial charge in [-0.15, -0.1) is 0 Å². The standard InChI is InChI=1S/C22H27N5O4S/c1-30-19-12-17-18(13-20(19)31-2)25-21(16-4-3-8-23-14-16)26-22(17)27-10-6-15(7-11-27)5-9-24-32(28)29/h3-4,8,12-15,24H,5-7,9-11H2,1-2H3,(H,28,29). The van der Waals surface area contributed by atoms with E-state index in [-0.39, 0.29) is 0 Å². The minimum absolute atomic E-state index is 0.503. The quantitative estimate of drug-likeness (QED) is 0.497. The molecule has 0 amide bonds. The summed E-state index contributed by atoms with van der Waals surface area (Å²) in [7, 11) is 3.23. The van der Waals surface area contributed by atoms with Gasteiger partial charge < -0.3 is 14.4 Å². The van der Waals surface area contributed by atoms with Gasteiger partial charge in [0.25, 0.3) is 0 Å². The van der Waals surface area contributed by atoms with Crippen molar-refractivity contribution in [3.05, 3.63) is 36.7 Å². The highest BCUT2D eigenvalue weighted by Gasteiger charge is 2.24. The molecule has 1 aliphatic heterocycles. The lowest BCUT2D eigenvalue weighted by molar-refractivity contribution is 0.355. The Bertz CT molecular complexity index is 1090. The SMILES string of the molecule is COc1cc2nc(-c3cccnc3)nc(N3CCC(CCNS(=O)O)CC3)c2cc1OC. The van der Waals surface area contributed by atoms with Crippen LogP contribution >= 0.6 is 0 Å². The maximum Gasteiger partial charge on any atom is 0.231 e. The number of fused-ring (bicyclic) bond motifs is 1. The third-order valence-corrected chi connectivity index (χ3v) is 6.24. The molecule has 2 N–H and O–H groups in total. The molecule has 3 aromatic rings. The Hall–Kier alpha value is -2.82. The minimum Gasteiger partial charge on any atom is -0.493 e. The van der Waals surface area contributed by atoms with Crippen LogP contribution in [0.25, 0.3) is 22.3 Å². The Balaban J connectivity index is 1.67. The number of aromatic nitrogens is 3. The van der Waals surface area contributed by atoms with Crippen molar-refractivity contribution in [1.82, 2.24) is 19.7 Å². The molecule has 1 aliphatic rings. The van der Waals surface area contributed by atoms with Crippen molar-refractivity contribution in [2.45, 2.75) is 19.3 Å². The largest absolute Gasteiger partial charge is 0.493 e. The van der Waals surface area contributed by atoms with Gasteiger partial charge in [-0.2, -0.15) is 0 Å². The summed E-state index contributed by atoms with van der Waals surface area (Å²) in [6, 6.07) is 7.63. The first-order chi connectivity index (χ1) is 15.6. The Morgan fingerprint density at radius 1 is 1.19 bits per heavy atom. The topological polar surface area (TPSA) is 110 Å². The first-order valence-electron chi connectivity index (χ1n) is 10.5. The molecule has 2 aromatic heterocycles. The lowest BCUT2D eigenvalue weighted by Gasteiger charge is -2.33. The van der Waals surface area contributed by atoms with E-state index in [4.69, 9.17) is 24.0 Å². The van der Waals surface area contributed by atoms with E-state index in [0.717, 1.165) is 54.6 Å². The van der Waals surface area contributed by atoms with Gasteiger partial charge in [0.15, 0.2) is 17.3 Å². The van der Waals surface area contributed by atoms with E-state index in [0.29, 0.717) is 29.8 Å².